The van der Waals surface area contributed by atoms with Crippen LogP contribution in [0, 0.1) is 0 Å². The number of hydrogen-bond acceptors (Lipinski definition) is 4. The lowest BCUT2D eigenvalue weighted by Crippen LogP contribution is -2.43. The van der Waals surface area contributed by atoms with Crippen LogP contribution in [-0.2, 0) is 4.79 Å². The Labute approximate surface area is 98.3 Å². The quantitative estimate of drug-likeness (QED) is 0.705. The summed E-state index contributed by atoms with van der Waals surface area (Å²) in [6.07, 6.45) is 3.99. The van der Waals surface area contributed by atoms with Gasteiger partial charge in [0.25, 0.3) is 0 Å². The smallest absolute Gasteiger partial charge is 0.326 e. The van der Waals surface area contributed by atoms with Crippen molar-refractivity contribution in [1.82, 2.24) is 15.3 Å². The van der Waals surface area contributed by atoms with Crippen molar-refractivity contribution < 1.29 is 14.7 Å². The number of carboxylic acids is 1. The molecule has 1 rings (SSSR count). The Balaban J connectivity index is 2.51. The van der Waals surface area contributed by atoms with E-state index in [0.29, 0.717) is 12.8 Å². The molecule has 1 atom stereocenters. The SMILES string of the molecule is CCC[C@H](NC(=O)Nc1ncccn1)C(=O)O. The van der Waals surface area contributed by atoms with Crippen LogP contribution in [0.5, 0.6) is 0 Å². The molecule has 0 unspecified atom stereocenters. The number of nitrogens with one attached hydrogen (secondary N) is 2. The Morgan fingerprint density at radius 1 is 1.41 bits per heavy atom. The monoisotopic (exact) mass is 238 g/mol. The number of rotatable bonds is 5. The van der Waals surface area contributed by atoms with Gasteiger partial charge in [-0.25, -0.2) is 19.6 Å². The zero-order valence-electron chi connectivity index (χ0n) is 9.38. The molecule has 17 heavy (non-hydrogen) atoms. The van der Waals surface area contributed by atoms with Crippen molar-refractivity contribution in [2.24, 2.45) is 0 Å². The second-order valence-electron chi connectivity index (χ2n) is 3.35. The number of carbonyl (C=O) groups excluding carboxylic acids is 1. The number of carbonyl (C=O) groups is 2. The Morgan fingerprint density at radius 2 is 2.06 bits per heavy atom. The largest absolute Gasteiger partial charge is 0.480 e. The highest BCUT2D eigenvalue weighted by Crippen LogP contribution is 1.98. The summed E-state index contributed by atoms with van der Waals surface area (Å²) in [6.45, 7) is 1.84. The molecular formula is C10H14N4O3. The van der Waals surface area contributed by atoms with Crippen LogP contribution in [0.25, 0.3) is 0 Å². The molecule has 0 aliphatic heterocycles. The number of aromatic nitrogens is 2. The number of anilines is 1. The van der Waals surface area contributed by atoms with Gasteiger partial charge in [-0.2, -0.15) is 0 Å². The molecule has 2 amide bonds. The molecule has 1 aromatic rings. The van der Waals surface area contributed by atoms with Crippen molar-refractivity contribution in [1.29, 1.82) is 0 Å². The number of urea groups is 1. The predicted molar refractivity (Wildman–Crippen MR) is 60.5 cm³/mol. The maximum Gasteiger partial charge on any atom is 0.326 e. The molecular weight excluding hydrogens is 224 g/mol. The van der Waals surface area contributed by atoms with E-state index in [2.05, 4.69) is 20.6 Å². The lowest BCUT2D eigenvalue weighted by molar-refractivity contribution is -0.139. The molecule has 0 aliphatic rings. The Morgan fingerprint density at radius 3 is 2.59 bits per heavy atom. The molecule has 3 N–H and O–H groups in total. The highest BCUT2D eigenvalue weighted by atomic mass is 16.4. The number of aliphatic carboxylic acids is 1. The topological polar surface area (TPSA) is 104 Å². The lowest BCUT2D eigenvalue weighted by atomic mass is 10.2. The summed E-state index contributed by atoms with van der Waals surface area (Å²) in [5.74, 6) is -0.929. The van der Waals surface area contributed by atoms with Gasteiger partial charge in [-0.3, -0.25) is 5.32 Å². The average Bonchev–Trinajstić information content (AvgIpc) is 2.29. The number of hydrogen-bond donors (Lipinski definition) is 3. The van der Waals surface area contributed by atoms with Crippen molar-refractivity contribution in [2.75, 3.05) is 5.32 Å². The third-order valence-corrected chi connectivity index (χ3v) is 1.97. The second-order valence-corrected chi connectivity index (χ2v) is 3.35. The molecule has 0 aliphatic carbocycles. The van der Waals surface area contributed by atoms with E-state index < -0.39 is 18.0 Å². The minimum absolute atomic E-state index is 0.130. The predicted octanol–water partition coefficient (Wildman–Crippen LogP) is 0.851. The average molecular weight is 238 g/mol. The van der Waals surface area contributed by atoms with Crippen molar-refractivity contribution >= 4 is 17.9 Å². The molecule has 7 heteroatoms. The molecule has 0 radical (unpaired) electrons. The first-order chi connectivity index (χ1) is 8.13. The third kappa shape index (κ3) is 4.45. The van der Waals surface area contributed by atoms with Crippen LogP contribution in [0.1, 0.15) is 19.8 Å². The van der Waals surface area contributed by atoms with Gasteiger partial charge >= 0.3 is 12.0 Å². The minimum atomic E-state index is -1.06. The van der Waals surface area contributed by atoms with Gasteiger partial charge in [0, 0.05) is 12.4 Å². The summed E-state index contributed by atoms with van der Waals surface area (Å²) in [5.41, 5.74) is 0. The molecule has 1 heterocycles. The van der Waals surface area contributed by atoms with Gasteiger partial charge in [0.1, 0.15) is 6.04 Å². The summed E-state index contributed by atoms with van der Waals surface area (Å²) in [5, 5.41) is 13.5. The van der Waals surface area contributed by atoms with Gasteiger partial charge < -0.3 is 10.4 Å². The molecule has 92 valence electrons. The van der Waals surface area contributed by atoms with E-state index in [0.717, 1.165) is 0 Å². The highest BCUT2D eigenvalue weighted by molar-refractivity contribution is 5.90. The van der Waals surface area contributed by atoms with Gasteiger partial charge in [-0.1, -0.05) is 13.3 Å². The van der Waals surface area contributed by atoms with Crippen LogP contribution in [0.4, 0.5) is 10.7 Å². The van der Waals surface area contributed by atoms with Crippen LogP contribution in [0.2, 0.25) is 0 Å². The molecule has 1 aromatic heterocycles. The van der Waals surface area contributed by atoms with E-state index in [-0.39, 0.29) is 5.95 Å². The molecule has 0 fully saturated rings. The van der Waals surface area contributed by atoms with Crippen molar-refractivity contribution in [3.63, 3.8) is 0 Å². The minimum Gasteiger partial charge on any atom is -0.480 e. The first-order valence-electron chi connectivity index (χ1n) is 5.20. The maximum atomic E-state index is 11.4. The van der Waals surface area contributed by atoms with E-state index in [1.54, 1.807) is 6.07 Å². The zero-order valence-corrected chi connectivity index (χ0v) is 9.38. The summed E-state index contributed by atoms with van der Waals surface area (Å²) in [4.78, 5) is 29.8. The van der Waals surface area contributed by atoms with Gasteiger partial charge in [0.2, 0.25) is 5.95 Å². The fourth-order valence-corrected chi connectivity index (χ4v) is 1.21. The van der Waals surface area contributed by atoms with Crippen LogP contribution in [0.3, 0.4) is 0 Å². The van der Waals surface area contributed by atoms with Gasteiger partial charge in [-0.05, 0) is 12.5 Å². The molecule has 0 aromatic carbocycles. The van der Waals surface area contributed by atoms with E-state index in [9.17, 15) is 9.59 Å². The van der Waals surface area contributed by atoms with Crippen LogP contribution in [0.15, 0.2) is 18.5 Å². The van der Waals surface area contributed by atoms with Crippen molar-refractivity contribution in [3.8, 4) is 0 Å². The Bertz CT molecular complexity index is 382. The molecule has 7 nitrogen and oxygen atoms in total. The molecule has 0 saturated heterocycles. The molecule has 0 bridgehead atoms. The first kappa shape index (κ1) is 12.9. The van der Waals surface area contributed by atoms with E-state index in [1.165, 1.54) is 12.4 Å². The maximum absolute atomic E-state index is 11.4. The highest BCUT2D eigenvalue weighted by Gasteiger charge is 2.18. The Hall–Kier alpha value is -2.18. The fraction of sp³-hybridized carbons (Fsp3) is 0.400. The number of carboxylic acid groups (broad SMARTS) is 1. The summed E-state index contributed by atoms with van der Waals surface area (Å²) in [6, 6.07) is 0.0843. The first-order valence-corrected chi connectivity index (χ1v) is 5.20. The van der Waals surface area contributed by atoms with Crippen LogP contribution >= 0.6 is 0 Å². The summed E-state index contributed by atoms with van der Waals surface area (Å²) in [7, 11) is 0. The third-order valence-electron chi connectivity index (χ3n) is 1.97. The lowest BCUT2D eigenvalue weighted by Gasteiger charge is -2.13. The van der Waals surface area contributed by atoms with E-state index in [4.69, 9.17) is 5.11 Å². The van der Waals surface area contributed by atoms with Crippen molar-refractivity contribution in [3.05, 3.63) is 18.5 Å². The van der Waals surface area contributed by atoms with Crippen LogP contribution < -0.4 is 10.6 Å². The van der Waals surface area contributed by atoms with E-state index in [1.807, 2.05) is 6.92 Å². The molecule has 0 spiro atoms. The normalized spacial score (nSPS) is 11.6. The summed E-state index contributed by atoms with van der Waals surface area (Å²) < 4.78 is 0. The standard InChI is InChI=1S/C10H14N4O3/c1-2-4-7(8(15)16)13-10(17)14-9-11-5-3-6-12-9/h3,5-7H,2,4H2,1H3,(H,15,16)(H2,11,12,13,14,17)/t7-/m0/s1. The Kier molecular flexibility index (Phi) is 4.86. The van der Waals surface area contributed by atoms with Crippen molar-refractivity contribution in [2.45, 2.75) is 25.8 Å². The van der Waals surface area contributed by atoms with E-state index >= 15 is 0 Å². The van der Waals surface area contributed by atoms with Gasteiger partial charge in [0.05, 0.1) is 0 Å². The number of amides is 2. The summed E-state index contributed by atoms with van der Waals surface area (Å²) >= 11 is 0. The van der Waals surface area contributed by atoms with Gasteiger partial charge in [-0.15, -0.1) is 0 Å². The van der Waals surface area contributed by atoms with Crippen LogP contribution in [-0.4, -0.2) is 33.1 Å². The molecule has 0 saturated carbocycles. The second kappa shape index (κ2) is 6.41. The van der Waals surface area contributed by atoms with Gasteiger partial charge in [0.15, 0.2) is 0 Å². The number of nitrogens with zero attached hydrogens (tertiary/aromatic N) is 2. The zero-order chi connectivity index (χ0) is 12.7. The fourth-order valence-electron chi connectivity index (χ4n) is 1.21.